The van der Waals surface area contributed by atoms with E-state index in [0.717, 1.165) is 5.57 Å². The van der Waals surface area contributed by atoms with E-state index in [0.29, 0.717) is 17.7 Å². The van der Waals surface area contributed by atoms with Crippen LogP contribution in [-0.4, -0.2) is 20.9 Å². The molecule has 0 spiro atoms. The van der Waals surface area contributed by atoms with Gasteiger partial charge in [-0.2, -0.15) is 0 Å². The number of nitrogens with one attached hydrogen (secondary N) is 1. The molecular weight excluding hydrogens is 274 g/mol. The largest absolute Gasteiger partial charge is 0.348 e. The quantitative estimate of drug-likeness (QED) is 0.682. The summed E-state index contributed by atoms with van der Waals surface area (Å²) in [4.78, 5) is 11.8. The normalized spacial score (nSPS) is 11.1. The molecule has 4 nitrogen and oxygen atoms in total. The minimum Gasteiger partial charge on any atom is -0.348 e. The maximum absolute atomic E-state index is 11.8. The van der Waals surface area contributed by atoms with Gasteiger partial charge in [0.15, 0.2) is 0 Å². The minimum absolute atomic E-state index is 0.0156. The molecule has 1 aromatic carbocycles. The Labute approximate surface area is 111 Å². The van der Waals surface area contributed by atoms with Crippen molar-refractivity contribution in [3.63, 3.8) is 0 Å². The first-order chi connectivity index (χ1) is 8.21. The molecule has 0 aliphatic heterocycles. The number of rotatable bonds is 4. The third-order valence-electron chi connectivity index (χ3n) is 2.27. The summed E-state index contributed by atoms with van der Waals surface area (Å²) in [7, 11) is 1.46. The van der Waals surface area contributed by atoms with E-state index in [9.17, 15) is 13.2 Å². The fourth-order valence-corrected chi connectivity index (χ4v) is 2.21. The third kappa shape index (κ3) is 3.85. The second-order valence-corrected chi connectivity index (χ2v) is 6.62. The lowest BCUT2D eigenvalue weighted by atomic mass is 10.1. The molecule has 0 saturated heterocycles. The molecule has 0 fully saturated rings. The maximum atomic E-state index is 11.8. The van der Waals surface area contributed by atoms with Gasteiger partial charge in [-0.15, -0.1) is 0 Å². The SMILES string of the molecule is C=C(C)CNC(=O)c1ccc(S(=O)(=O)Cl)cc1C. The molecule has 0 heterocycles. The topological polar surface area (TPSA) is 63.2 Å². The molecule has 0 unspecified atom stereocenters. The highest BCUT2D eigenvalue weighted by atomic mass is 35.7. The van der Waals surface area contributed by atoms with Crippen molar-refractivity contribution in [1.82, 2.24) is 5.32 Å². The smallest absolute Gasteiger partial charge is 0.261 e. The van der Waals surface area contributed by atoms with Crippen LogP contribution < -0.4 is 5.32 Å². The van der Waals surface area contributed by atoms with Gasteiger partial charge in [0.1, 0.15) is 0 Å². The Morgan fingerprint density at radius 1 is 1.44 bits per heavy atom. The number of carbonyl (C=O) groups excluding carboxylic acids is 1. The highest BCUT2D eigenvalue weighted by Crippen LogP contribution is 2.18. The fraction of sp³-hybridized carbons (Fsp3) is 0.250. The number of benzene rings is 1. The van der Waals surface area contributed by atoms with Crippen LogP contribution in [0.25, 0.3) is 0 Å². The molecule has 0 bridgehead atoms. The van der Waals surface area contributed by atoms with Crippen LogP contribution in [0, 0.1) is 6.92 Å². The predicted octanol–water partition coefficient (Wildman–Crippen LogP) is 2.23. The number of amides is 1. The second-order valence-electron chi connectivity index (χ2n) is 4.05. The average molecular weight is 288 g/mol. The van der Waals surface area contributed by atoms with Crippen LogP contribution in [0.1, 0.15) is 22.8 Å². The van der Waals surface area contributed by atoms with E-state index in [-0.39, 0.29) is 10.8 Å². The summed E-state index contributed by atoms with van der Waals surface area (Å²) in [6.07, 6.45) is 0. The van der Waals surface area contributed by atoms with E-state index >= 15 is 0 Å². The van der Waals surface area contributed by atoms with Gasteiger partial charge >= 0.3 is 0 Å². The molecule has 98 valence electrons. The lowest BCUT2D eigenvalue weighted by Crippen LogP contribution is -2.25. The van der Waals surface area contributed by atoms with Crippen LogP contribution in [-0.2, 0) is 9.05 Å². The molecular formula is C12H14ClNO3S. The van der Waals surface area contributed by atoms with Crippen molar-refractivity contribution in [2.75, 3.05) is 6.54 Å². The molecule has 0 radical (unpaired) electrons. The molecule has 1 rings (SSSR count). The summed E-state index contributed by atoms with van der Waals surface area (Å²) >= 11 is 0. The van der Waals surface area contributed by atoms with Crippen molar-refractivity contribution in [1.29, 1.82) is 0 Å². The zero-order valence-corrected chi connectivity index (χ0v) is 11.7. The molecule has 0 atom stereocenters. The number of hydrogen-bond acceptors (Lipinski definition) is 3. The molecule has 0 aromatic heterocycles. The predicted molar refractivity (Wildman–Crippen MR) is 71.4 cm³/mol. The molecule has 1 N–H and O–H groups in total. The van der Waals surface area contributed by atoms with E-state index in [1.165, 1.54) is 18.2 Å². The fourth-order valence-electron chi connectivity index (χ4n) is 1.37. The van der Waals surface area contributed by atoms with Gasteiger partial charge in [0.25, 0.3) is 15.0 Å². The van der Waals surface area contributed by atoms with Crippen LogP contribution in [0.2, 0.25) is 0 Å². The number of carbonyl (C=O) groups is 1. The summed E-state index contributed by atoms with van der Waals surface area (Å²) in [5, 5.41) is 2.68. The summed E-state index contributed by atoms with van der Waals surface area (Å²) in [5.41, 5.74) is 1.80. The minimum atomic E-state index is -3.77. The van der Waals surface area contributed by atoms with Gasteiger partial charge in [-0.05, 0) is 37.6 Å². The van der Waals surface area contributed by atoms with Crippen molar-refractivity contribution >= 4 is 25.6 Å². The van der Waals surface area contributed by atoms with Crippen molar-refractivity contribution in [3.05, 3.63) is 41.5 Å². The zero-order valence-electron chi connectivity index (χ0n) is 10.2. The van der Waals surface area contributed by atoms with E-state index in [1.807, 2.05) is 0 Å². The number of aryl methyl sites for hydroxylation is 1. The van der Waals surface area contributed by atoms with E-state index in [1.54, 1.807) is 13.8 Å². The highest BCUT2D eigenvalue weighted by molar-refractivity contribution is 8.13. The van der Waals surface area contributed by atoms with Gasteiger partial charge in [-0.25, -0.2) is 8.42 Å². The first-order valence-corrected chi connectivity index (χ1v) is 7.50. The monoisotopic (exact) mass is 287 g/mol. The Balaban J connectivity index is 2.99. The summed E-state index contributed by atoms with van der Waals surface area (Å²) < 4.78 is 22.3. The maximum Gasteiger partial charge on any atom is 0.261 e. The van der Waals surface area contributed by atoms with Crippen molar-refractivity contribution in [3.8, 4) is 0 Å². The van der Waals surface area contributed by atoms with E-state index in [4.69, 9.17) is 10.7 Å². The third-order valence-corrected chi connectivity index (χ3v) is 3.63. The molecule has 0 saturated carbocycles. The van der Waals surface area contributed by atoms with Crippen molar-refractivity contribution in [2.24, 2.45) is 0 Å². The summed E-state index contributed by atoms with van der Waals surface area (Å²) in [6, 6.07) is 4.13. The summed E-state index contributed by atoms with van der Waals surface area (Å²) in [5.74, 6) is -0.269. The lowest BCUT2D eigenvalue weighted by Gasteiger charge is -2.08. The Hall–Kier alpha value is -1.33. The van der Waals surface area contributed by atoms with Gasteiger partial charge in [-0.3, -0.25) is 4.79 Å². The van der Waals surface area contributed by atoms with Crippen molar-refractivity contribution < 1.29 is 13.2 Å². The Bertz CT molecular complexity index is 593. The van der Waals surface area contributed by atoms with Gasteiger partial charge < -0.3 is 5.32 Å². The van der Waals surface area contributed by atoms with Crippen LogP contribution in [0.4, 0.5) is 0 Å². The van der Waals surface area contributed by atoms with Crippen LogP contribution in [0.3, 0.4) is 0 Å². The van der Waals surface area contributed by atoms with Gasteiger partial charge in [0.05, 0.1) is 4.90 Å². The lowest BCUT2D eigenvalue weighted by molar-refractivity contribution is 0.0956. The first-order valence-electron chi connectivity index (χ1n) is 5.19. The second kappa shape index (κ2) is 5.54. The molecule has 1 amide bonds. The van der Waals surface area contributed by atoms with Crippen molar-refractivity contribution in [2.45, 2.75) is 18.7 Å². The Kier molecular flexibility index (Phi) is 4.53. The Morgan fingerprint density at radius 2 is 2.06 bits per heavy atom. The number of halogens is 1. The zero-order chi connectivity index (χ0) is 13.9. The molecule has 6 heteroatoms. The molecule has 1 aromatic rings. The average Bonchev–Trinajstić information content (AvgIpc) is 2.24. The number of hydrogen-bond donors (Lipinski definition) is 1. The summed E-state index contributed by atoms with van der Waals surface area (Å²) in [6.45, 7) is 7.52. The molecule has 0 aliphatic rings. The molecule has 18 heavy (non-hydrogen) atoms. The van der Waals surface area contributed by atoms with E-state index < -0.39 is 9.05 Å². The highest BCUT2D eigenvalue weighted by Gasteiger charge is 2.14. The van der Waals surface area contributed by atoms with Crippen LogP contribution in [0.5, 0.6) is 0 Å². The standard InChI is InChI=1S/C12H14ClNO3S/c1-8(2)7-14-12(15)11-5-4-10(6-9(11)3)18(13,16)17/h4-6H,1,7H2,2-3H3,(H,14,15). The first kappa shape index (κ1) is 14.7. The van der Waals surface area contributed by atoms with Crippen LogP contribution in [0.15, 0.2) is 35.2 Å². The van der Waals surface area contributed by atoms with Crippen LogP contribution >= 0.6 is 10.7 Å². The van der Waals surface area contributed by atoms with Gasteiger partial charge in [0, 0.05) is 22.8 Å². The van der Waals surface area contributed by atoms with Gasteiger partial charge in [-0.1, -0.05) is 12.2 Å². The van der Waals surface area contributed by atoms with E-state index in [2.05, 4.69) is 11.9 Å². The molecule has 0 aliphatic carbocycles. The van der Waals surface area contributed by atoms with Gasteiger partial charge in [0.2, 0.25) is 0 Å². The Morgan fingerprint density at radius 3 is 2.50 bits per heavy atom.